The van der Waals surface area contributed by atoms with Crippen molar-refractivity contribution in [1.82, 2.24) is 0 Å². The van der Waals surface area contributed by atoms with E-state index < -0.39 is 0 Å². The van der Waals surface area contributed by atoms with E-state index in [1.54, 1.807) is 36.4 Å². The number of ether oxygens (including phenoxy) is 1. The molecule has 0 atom stereocenters. The normalized spacial score (nSPS) is 18.0. The Morgan fingerprint density at radius 1 is 1.00 bits per heavy atom. The summed E-state index contributed by atoms with van der Waals surface area (Å²) in [5.74, 6) is -0.151. The molecule has 0 saturated carbocycles. The van der Waals surface area contributed by atoms with Crippen molar-refractivity contribution in [3.8, 4) is 0 Å². The van der Waals surface area contributed by atoms with E-state index in [-0.39, 0.29) is 17.3 Å². The topological polar surface area (TPSA) is 43.4 Å². The van der Waals surface area contributed by atoms with E-state index in [2.05, 4.69) is 0 Å². The molecule has 3 heteroatoms. The third-order valence-electron chi connectivity index (χ3n) is 2.72. The van der Waals surface area contributed by atoms with Crippen molar-refractivity contribution in [2.75, 3.05) is 6.61 Å². The predicted octanol–water partition coefficient (Wildman–Crippen LogP) is 1.91. The lowest BCUT2D eigenvalue weighted by Crippen LogP contribution is -2.24. The zero-order valence-electron chi connectivity index (χ0n) is 8.40. The van der Waals surface area contributed by atoms with Crippen LogP contribution in [0.4, 0.5) is 0 Å². The Labute approximate surface area is 92.0 Å². The zero-order chi connectivity index (χ0) is 11.1. The molecule has 3 nitrogen and oxygen atoms in total. The lowest BCUT2D eigenvalue weighted by Gasteiger charge is -2.21. The molecule has 0 unspecified atom stereocenters. The quantitative estimate of drug-likeness (QED) is 0.659. The van der Waals surface area contributed by atoms with E-state index in [0.717, 1.165) is 0 Å². The van der Waals surface area contributed by atoms with E-state index in [4.69, 9.17) is 4.74 Å². The molecule has 1 aromatic carbocycles. The molecule has 0 radical (unpaired) electrons. The monoisotopic (exact) mass is 212 g/mol. The third-order valence-corrected chi connectivity index (χ3v) is 2.72. The Morgan fingerprint density at radius 2 is 1.69 bits per heavy atom. The maximum atomic E-state index is 12.1. The van der Waals surface area contributed by atoms with Gasteiger partial charge in [-0.2, -0.15) is 0 Å². The van der Waals surface area contributed by atoms with Gasteiger partial charge in [0.2, 0.25) is 5.78 Å². The Balaban J connectivity index is 2.26. The number of ketones is 2. The van der Waals surface area contributed by atoms with Crippen molar-refractivity contribution in [3.63, 3.8) is 0 Å². The molecule has 0 aromatic heterocycles. The summed E-state index contributed by atoms with van der Waals surface area (Å²) in [6, 6.07) is 6.82. The third kappa shape index (κ3) is 1.08. The number of hydrogen-bond acceptors (Lipinski definition) is 3. The van der Waals surface area contributed by atoms with Crippen LogP contribution in [0.2, 0.25) is 0 Å². The van der Waals surface area contributed by atoms with Crippen molar-refractivity contribution in [2.24, 2.45) is 0 Å². The van der Waals surface area contributed by atoms with Gasteiger partial charge >= 0.3 is 0 Å². The molecule has 0 saturated heterocycles. The van der Waals surface area contributed by atoms with Crippen LogP contribution in [0, 0.1) is 0 Å². The first-order valence-corrected chi connectivity index (χ1v) is 5.01. The van der Waals surface area contributed by atoms with Crippen LogP contribution in [-0.2, 0) is 4.74 Å². The van der Waals surface area contributed by atoms with Gasteiger partial charge in [-0.15, -0.1) is 0 Å². The van der Waals surface area contributed by atoms with Crippen molar-refractivity contribution in [1.29, 1.82) is 0 Å². The molecule has 1 heterocycles. The molecule has 0 fully saturated rings. The summed E-state index contributed by atoms with van der Waals surface area (Å²) >= 11 is 0. The van der Waals surface area contributed by atoms with Crippen LogP contribution < -0.4 is 0 Å². The molecular weight excluding hydrogens is 204 g/mol. The van der Waals surface area contributed by atoms with E-state index in [1.807, 2.05) is 0 Å². The summed E-state index contributed by atoms with van der Waals surface area (Å²) in [7, 11) is 0. The molecule has 0 N–H and O–H groups in total. The maximum Gasteiger partial charge on any atom is 0.229 e. The first-order chi connectivity index (χ1) is 7.79. The second-order valence-electron chi connectivity index (χ2n) is 3.66. The van der Waals surface area contributed by atoms with Gasteiger partial charge in [0.25, 0.3) is 0 Å². The van der Waals surface area contributed by atoms with Crippen LogP contribution in [0.5, 0.6) is 0 Å². The Morgan fingerprint density at radius 3 is 2.44 bits per heavy atom. The van der Waals surface area contributed by atoms with Crippen LogP contribution in [0.3, 0.4) is 0 Å². The maximum absolute atomic E-state index is 12.1. The van der Waals surface area contributed by atoms with Crippen LogP contribution in [0.1, 0.15) is 20.7 Å². The highest BCUT2D eigenvalue weighted by Crippen LogP contribution is 2.29. The van der Waals surface area contributed by atoms with Gasteiger partial charge in [-0.3, -0.25) is 9.59 Å². The van der Waals surface area contributed by atoms with E-state index in [9.17, 15) is 9.59 Å². The van der Waals surface area contributed by atoms with Gasteiger partial charge in [0.15, 0.2) is 11.5 Å². The molecule has 0 spiro atoms. The summed E-state index contributed by atoms with van der Waals surface area (Å²) < 4.78 is 5.24. The molecule has 1 aliphatic carbocycles. The average molecular weight is 212 g/mol. The molecule has 0 amide bonds. The summed E-state index contributed by atoms with van der Waals surface area (Å²) in [5, 5.41) is 0. The number of benzene rings is 1. The molecule has 2 aliphatic rings. The van der Waals surface area contributed by atoms with E-state index in [1.165, 1.54) is 0 Å². The van der Waals surface area contributed by atoms with Gasteiger partial charge in [-0.25, -0.2) is 0 Å². The fourth-order valence-electron chi connectivity index (χ4n) is 1.96. The highest BCUT2D eigenvalue weighted by atomic mass is 16.5. The van der Waals surface area contributed by atoms with Gasteiger partial charge in [-0.05, 0) is 12.2 Å². The van der Waals surface area contributed by atoms with Gasteiger partial charge in [0.05, 0.1) is 5.57 Å². The van der Waals surface area contributed by atoms with Crippen LogP contribution in [0.15, 0.2) is 47.7 Å². The fraction of sp³-hybridized carbons (Fsp3) is 0.0769. The van der Waals surface area contributed by atoms with Gasteiger partial charge < -0.3 is 4.74 Å². The number of carbonyl (C=O) groups excluding carboxylic acids is 2. The first kappa shape index (κ1) is 9.09. The van der Waals surface area contributed by atoms with E-state index >= 15 is 0 Å². The zero-order valence-corrected chi connectivity index (χ0v) is 8.40. The molecule has 78 valence electrons. The average Bonchev–Trinajstić information content (AvgIpc) is 2.36. The number of Topliss-reactive ketones (excluding diaryl/α,β-unsaturated/α-hetero) is 2. The fourth-order valence-corrected chi connectivity index (χ4v) is 1.96. The van der Waals surface area contributed by atoms with Crippen molar-refractivity contribution in [3.05, 3.63) is 58.9 Å². The molecule has 0 bridgehead atoms. The lowest BCUT2D eigenvalue weighted by molar-refractivity contribution is 0.0887. The minimum atomic E-state index is -0.199. The van der Waals surface area contributed by atoms with Gasteiger partial charge in [0, 0.05) is 11.1 Å². The number of carbonyl (C=O) groups is 2. The summed E-state index contributed by atoms with van der Waals surface area (Å²) in [6.45, 7) is 0.347. The second kappa shape index (κ2) is 3.17. The van der Waals surface area contributed by atoms with Crippen molar-refractivity contribution < 1.29 is 14.3 Å². The SMILES string of the molecule is O=C1C2=C(OCC=C2)C(=O)c2ccccc21. The minimum absolute atomic E-state index is 0.138. The highest BCUT2D eigenvalue weighted by Gasteiger charge is 2.32. The number of hydrogen-bond donors (Lipinski definition) is 0. The van der Waals surface area contributed by atoms with Crippen LogP contribution in [0.25, 0.3) is 0 Å². The van der Waals surface area contributed by atoms with Gasteiger partial charge in [-0.1, -0.05) is 24.3 Å². The van der Waals surface area contributed by atoms with Gasteiger partial charge in [0.1, 0.15) is 6.61 Å². The Hall–Kier alpha value is -2.16. The van der Waals surface area contributed by atoms with E-state index in [0.29, 0.717) is 23.3 Å². The minimum Gasteiger partial charge on any atom is -0.485 e. The van der Waals surface area contributed by atoms with Crippen molar-refractivity contribution >= 4 is 11.6 Å². The largest absolute Gasteiger partial charge is 0.485 e. The predicted molar refractivity (Wildman–Crippen MR) is 57.2 cm³/mol. The smallest absolute Gasteiger partial charge is 0.229 e. The summed E-state index contributed by atoms with van der Waals surface area (Å²) in [6.07, 6.45) is 3.40. The Kier molecular flexibility index (Phi) is 1.80. The second-order valence-corrected chi connectivity index (χ2v) is 3.66. The lowest BCUT2D eigenvalue weighted by atomic mass is 9.87. The molecule has 1 aromatic rings. The summed E-state index contributed by atoms with van der Waals surface area (Å²) in [5.41, 5.74) is 1.26. The molecular formula is C13H8O3. The molecule has 1 aliphatic heterocycles. The molecule has 3 rings (SSSR count). The standard InChI is InChI=1S/C13H8O3/c14-11-8-4-1-2-5-9(8)12(15)13-10(11)6-3-7-16-13/h1-6H,7H2. The van der Waals surface area contributed by atoms with Crippen LogP contribution >= 0.6 is 0 Å². The van der Waals surface area contributed by atoms with Crippen molar-refractivity contribution in [2.45, 2.75) is 0 Å². The molecule has 16 heavy (non-hydrogen) atoms. The number of allylic oxidation sites excluding steroid dienone is 3. The van der Waals surface area contributed by atoms with Crippen LogP contribution in [-0.4, -0.2) is 18.2 Å². The number of rotatable bonds is 0. The summed E-state index contributed by atoms with van der Waals surface area (Å²) in [4.78, 5) is 24.1. The highest BCUT2D eigenvalue weighted by molar-refractivity contribution is 6.27. The Bertz CT molecular complexity index is 564. The first-order valence-electron chi connectivity index (χ1n) is 5.01. The number of fused-ring (bicyclic) bond motifs is 1.